The molecule has 0 aromatic carbocycles. The summed E-state index contributed by atoms with van der Waals surface area (Å²) in [5.74, 6) is 1.31. The topological polar surface area (TPSA) is 60.7 Å². The molecule has 0 bridgehead atoms. The Morgan fingerprint density at radius 3 is 2.29 bits per heavy atom. The number of fused-ring (bicyclic) bond motifs is 1. The smallest absolute Gasteiger partial charge is 0.0877 e. The lowest BCUT2D eigenvalue weighted by molar-refractivity contribution is -0.0785. The minimum atomic E-state index is -0.986. The van der Waals surface area contributed by atoms with Crippen molar-refractivity contribution in [3.05, 3.63) is 12.2 Å². The summed E-state index contributed by atoms with van der Waals surface area (Å²) >= 11 is 3.71. The van der Waals surface area contributed by atoms with Crippen LogP contribution < -0.4 is 0 Å². The second-order valence-electron chi connectivity index (χ2n) is 9.50. The van der Waals surface area contributed by atoms with Gasteiger partial charge in [0, 0.05) is 4.83 Å². The molecule has 0 spiro atoms. The summed E-state index contributed by atoms with van der Waals surface area (Å²) in [6, 6.07) is 0. The molecule has 138 valence electrons. The third-order valence-corrected chi connectivity index (χ3v) is 9.08. The standard InChI is InChI=1S/C20H33BrO3/c1-12-11-18(2,13-5-7-19(3,23)16(21)9-13)15-10-17(22)20(4,24)8-6-14(12)15/h13-17,22-24H,1,5-11H2,2-4H3/t13?,14?,15?,16-,17+,18+,19+,20?/m1/s1. The van der Waals surface area contributed by atoms with E-state index in [0.717, 1.165) is 32.1 Å². The maximum atomic E-state index is 10.6. The Kier molecular flexibility index (Phi) is 4.78. The lowest BCUT2D eigenvalue weighted by Gasteiger charge is -2.47. The van der Waals surface area contributed by atoms with Crippen molar-refractivity contribution < 1.29 is 15.3 Å². The Balaban J connectivity index is 1.86. The third kappa shape index (κ3) is 3.02. The van der Waals surface area contributed by atoms with Crippen LogP contribution in [0.1, 0.15) is 65.7 Å². The Hall–Kier alpha value is 0.100. The summed E-state index contributed by atoms with van der Waals surface area (Å²) in [6.45, 7) is 10.4. The van der Waals surface area contributed by atoms with Crippen molar-refractivity contribution in [2.75, 3.05) is 0 Å². The molecule has 24 heavy (non-hydrogen) atoms. The molecular formula is C20H33BrO3. The van der Waals surface area contributed by atoms with Gasteiger partial charge in [-0.2, -0.15) is 0 Å². The number of halogens is 1. The van der Waals surface area contributed by atoms with Crippen molar-refractivity contribution in [3.63, 3.8) is 0 Å². The molecule has 3 rings (SSSR count). The number of allylic oxidation sites excluding steroid dienone is 1. The van der Waals surface area contributed by atoms with E-state index in [4.69, 9.17) is 0 Å². The number of rotatable bonds is 1. The van der Waals surface area contributed by atoms with E-state index in [2.05, 4.69) is 29.4 Å². The molecule has 3 nitrogen and oxygen atoms in total. The van der Waals surface area contributed by atoms with Crippen LogP contribution in [0.15, 0.2) is 12.2 Å². The average Bonchev–Trinajstić information content (AvgIpc) is 2.63. The van der Waals surface area contributed by atoms with Gasteiger partial charge in [-0.15, -0.1) is 0 Å². The van der Waals surface area contributed by atoms with Crippen molar-refractivity contribution in [2.45, 2.75) is 87.9 Å². The van der Waals surface area contributed by atoms with Gasteiger partial charge in [-0.3, -0.25) is 0 Å². The third-order valence-electron chi connectivity index (χ3n) is 7.72. The molecular weight excluding hydrogens is 368 g/mol. The maximum Gasteiger partial charge on any atom is 0.0877 e. The molecule has 3 aliphatic carbocycles. The molecule has 0 saturated heterocycles. The second-order valence-corrected chi connectivity index (χ2v) is 10.6. The van der Waals surface area contributed by atoms with E-state index in [9.17, 15) is 15.3 Å². The molecule has 0 heterocycles. The second kappa shape index (κ2) is 6.07. The lowest BCUT2D eigenvalue weighted by Crippen LogP contribution is -2.47. The van der Waals surface area contributed by atoms with Crippen molar-refractivity contribution in [1.82, 2.24) is 0 Å². The van der Waals surface area contributed by atoms with Crippen LogP contribution in [0.3, 0.4) is 0 Å². The van der Waals surface area contributed by atoms with Crippen molar-refractivity contribution in [1.29, 1.82) is 0 Å². The molecule has 8 atom stereocenters. The van der Waals surface area contributed by atoms with Crippen molar-refractivity contribution in [2.24, 2.45) is 23.2 Å². The summed E-state index contributed by atoms with van der Waals surface area (Å²) in [6.07, 6.45) is 5.38. The molecule has 4 unspecified atom stereocenters. The van der Waals surface area contributed by atoms with E-state index < -0.39 is 17.3 Å². The lowest BCUT2D eigenvalue weighted by atomic mass is 9.60. The Bertz CT molecular complexity index is 515. The number of hydrogen-bond donors (Lipinski definition) is 3. The van der Waals surface area contributed by atoms with Crippen LogP contribution in [0.4, 0.5) is 0 Å². The zero-order valence-corrected chi connectivity index (χ0v) is 16.8. The molecule has 3 fully saturated rings. The van der Waals surface area contributed by atoms with Gasteiger partial charge in [-0.05, 0) is 82.0 Å². The van der Waals surface area contributed by atoms with E-state index in [1.165, 1.54) is 5.57 Å². The van der Waals surface area contributed by atoms with E-state index >= 15 is 0 Å². The van der Waals surface area contributed by atoms with Crippen LogP contribution in [0.25, 0.3) is 0 Å². The van der Waals surface area contributed by atoms with Crippen LogP contribution in [-0.4, -0.2) is 37.5 Å². The highest BCUT2D eigenvalue weighted by Gasteiger charge is 2.56. The van der Waals surface area contributed by atoms with E-state index in [1.807, 2.05) is 6.92 Å². The Labute approximate surface area is 154 Å². The normalized spacial score (nSPS) is 56.0. The van der Waals surface area contributed by atoms with Crippen LogP contribution in [0, 0.1) is 23.2 Å². The fourth-order valence-electron chi connectivity index (χ4n) is 5.73. The Morgan fingerprint density at radius 1 is 1.04 bits per heavy atom. The zero-order valence-electron chi connectivity index (χ0n) is 15.3. The molecule has 0 aromatic rings. The van der Waals surface area contributed by atoms with Gasteiger partial charge >= 0.3 is 0 Å². The first-order valence-electron chi connectivity index (χ1n) is 9.42. The van der Waals surface area contributed by atoms with Gasteiger partial charge in [0.25, 0.3) is 0 Å². The minimum absolute atomic E-state index is 0.103. The number of aliphatic hydroxyl groups is 3. The summed E-state index contributed by atoms with van der Waals surface area (Å²) < 4.78 is 0. The number of aliphatic hydroxyl groups excluding tert-OH is 1. The molecule has 3 saturated carbocycles. The summed E-state index contributed by atoms with van der Waals surface area (Å²) in [7, 11) is 0. The highest BCUT2D eigenvalue weighted by atomic mass is 79.9. The van der Waals surface area contributed by atoms with E-state index in [0.29, 0.717) is 30.6 Å². The van der Waals surface area contributed by atoms with Crippen molar-refractivity contribution in [3.8, 4) is 0 Å². The fourth-order valence-corrected chi connectivity index (χ4v) is 6.41. The van der Waals surface area contributed by atoms with Gasteiger partial charge in [-0.1, -0.05) is 35.0 Å². The summed E-state index contributed by atoms with van der Waals surface area (Å²) in [5.41, 5.74) is -0.212. The predicted octanol–water partition coefficient (Wildman–Crippen LogP) is 3.80. The van der Waals surface area contributed by atoms with Crippen LogP contribution >= 0.6 is 15.9 Å². The predicted molar refractivity (Wildman–Crippen MR) is 100 cm³/mol. The SMILES string of the molecule is C=C1C[C@@](C)(C2CC[C@](C)(O)[C@H](Br)C2)C2C[C@H](O)C(C)(O)CCC12. The van der Waals surface area contributed by atoms with E-state index in [1.54, 1.807) is 6.92 Å². The van der Waals surface area contributed by atoms with Crippen LogP contribution in [0.5, 0.6) is 0 Å². The zero-order chi connectivity index (χ0) is 17.9. The fraction of sp³-hybridized carbons (Fsp3) is 0.900. The largest absolute Gasteiger partial charge is 0.390 e. The van der Waals surface area contributed by atoms with Gasteiger partial charge < -0.3 is 15.3 Å². The monoisotopic (exact) mass is 400 g/mol. The van der Waals surface area contributed by atoms with Gasteiger partial charge in [0.2, 0.25) is 0 Å². The van der Waals surface area contributed by atoms with Crippen LogP contribution in [-0.2, 0) is 0 Å². The van der Waals surface area contributed by atoms with Crippen molar-refractivity contribution >= 4 is 15.9 Å². The first kappa shape index (κ1) is 18.9. The number of hydrogen-bond acceptors (Lipinski definition) is 3. The summed E-state index contributed by atoms with van der Waals surface area (Å²) in [5, 5.41) is 31.6. The molecule has 3 N–H and O–H groups in total. The quantitative estimate of drug-likeness (QED) is 0.463. The van der Waals surface area contributed by atoms with Gasteiger partial charge in [0.1, 0.15) is 0 Å². The average molecular weight is 401 g/mol. The first-order chi connectivity index (χ1) is 11.0. The first-order valence-corrected chi connectivity index (χ1v) is 10.3. The molecule has 3 aliphatic rings. The van der Waals surface area contributed by atoms with Crippen LogP contribution in [0.2, 0.25) is 0 Å². The van der Waals surface area contributed by atoms with Gasteiger partial charge in [-0.25, -0.2) is 0 Å². The minimum Gasteiger partial charge on any atom is -0.390 e. The van der Waals surface area contributed by atoms with Gasteiger partial charge in [0.05, 0.1) is 17.3 Å². The molecule has 0 radical (unpaired) electrons. The molecule has 0 aromatic heterocycles. The molecule has 4 heteroatoms. The maximum absolute atomic E-state index is 10.6. The van der Waals surface area contributed by atoms with E-state index in [-0.39, 0.29) is 10.2 Å². The number of alkyl halides is 1. The highest BCUT2D eigenvalue weighted by molar-refractivity contribution is 9.09. The molecule has 0 amide bonds. The van der Waals surface area contributed by atoms with Gasteiger partial charge in [0.15, 0.2) is 0 Å². The highest BCUT2D eigenvalue weighted by Crippen LogP contribution is 2.61. The summed E-state index contributed by atoms with van der Waals surface area (Å²) in [4.78, 5) is 0.117. The molecule has 0 aliphatic heterocycles. The Morgan fingerprint density at radius 2 is 1.67 bits per heavy atom.